The molecule has 0 bridgehead atoms. The van der Waals surface area contributed by atoms with Crippen LogP contribution in [0.25, 0.3) is 0 Å². The predicted octanol–water partition coefficient (Wildman–Crippen LogP) is 4.07. The van der Waals surface area contributed by atoms with Crippen molar-refractivity contribution in [3.8, 4) is 0 Å². The van der Waals surface area contributed by atoms with Crippen LogP contribution in [0.2, 0.25) is 0 Å². The van der Waals surface area contributed by atoms with Crippen LogP contribution in [-0.4, -0.2) is 23.9 Å². The molecule has 1 aromatic carbocycles. The summed E-state index contributed by atoms with van der Waals surface area (Å²) >= 11 is 0. The van der Waals surface area contributed by atoms with Crippen molar-refractivity contribution in [2.45, 2.75) is 32.6 Å². The smallest absolute Gasteiger partial charge is 0.416 e. The maximum atomic E-state index is 12.5. The average molecular weight is 340 g/mol. The van der Waals surface area contributed by atoms with Crippen LogP contribution in [0.15, 0.2) is 40.8 Å². The molecule has 0 aliphatic carbocycles. The molecule has 0 saturated heterocycles. The molecule has 1 atom stereocenters. The van der Waals surface area contributed by atoms with Crippen LogP contribution in [-0.2, 0) is 17.5 Å². The highest BCUT2D eigenvalue weighted by molar-refractivity contribution is 5.94. The lowest BCUT2D eigenvalue weighted by Gasteiger charge is -2.23. The fourth-order valence-electron chi connectivity index (χ4n) is 2.14. The number of carbonyl (C=O) groups is 1. The van der Waals surface area contributed by atoms with Gasteiger partial charge < -0.3 is 9.73 Å². The predicted molar refractivity (Wildman–Crippen MR) is 84.4 cm³/mol. The molecule has 0 unspecified atom stereocenters. The van der Waals surface area contributed by atoms with Crippen LogP contribution in [0.1, 0.15) is 24.0 Å². The Balaban J connectivity index is 1.95. The van der Waals surface area contributed by atoms with E-state index in [4.69, 9.17) is 4.42 Å². The largest absolute Gasteiger partial charge is 0.465 e. The summed E-state index contributed by atoms with van der Waals surface area (Å²) in [6.45, 7) is 4.01. The number of likely N-dealkylation sites (N-methyl/N-ethyl adjacent to an activating group) is 1. The van der Waals surface area contributed by atoms with Gasteiger partial charge >= 0.3 is 6.18 Å². The molecule has 130 valence electrons. The van der Waals surface area contributed by atoms with Crippen LogP contribution in [0.5, 0.6) is 0 Å². The summed E-state index contributed by atoms with van der Waals surface area (Å²) in [5.41, 5.74) is -0.430. The number of aryl methyl sites for hydroxylation is 1. The highest BCUT2D eigenvalue weighted by atomic mass is 19.4. The van der Waals surface area contributed by atoms with Crippen LogP contribution in [0.4, 0.5) is 18.9 Å². The second-order valence-corrected chi connectivity index (χ2v) is 5.67. The number of furan rings is 1. The molecule has 0 aliphatic rings. The van der Waals surface area contributed by atoms with Crippen LogP contribution < -0.4 is 5.32 Å². The minimum absolute atomic E-state index is 0.305. The molecule has 2 aromatic rings. The van der Waals surface area contributed by atoms with Crippen molar-refractivity contribution in [3.63, 3.8) is 0 Å². The number of amides is 1. The Kier molecular flexibility index (Phi) is 5.33. The molecule has 0 radical (unpaired) electrons. The van der Waals surface area contributed by atoms with Crippen molar-refractivity contribution in [2.24, 2.45) is 0 Å². The number of rotatable bonds is 5. The summed E-state index contributed by atoms with van der Waals surface area (Å²) in [4.78, 5) is 14.0. The summed E-state index contributed by atoms with van der Waals surface area (Å²) in [6, 6.07) is 7.57. The van der Waals surface area contributed by atoms with E-state index in [9.17, 15) is 18.0 Å². The summed E-state index contributed by atoms with van der Waals surface area (Å²) in [5, 5.41) is 2.61. The standard InChI is InChI=1S/C17H19F3N2O2/c1-11-4-9-15(24-11)10-22(3)12(2)16(23)21-14-7-5-13(6-8-14)17(18,19)20/h4-9,12H,10H2,1-3H3,(H,21,23)/t12-/m0/s1. The zero-order chi connectivity index (χ0) is 17.9. The van der Waals surface area contributed by atoms with Gasteiger partial charge in [-0.15, -0.1) is 0 Å². The molecule has 0 fully saturated rings. The molecular formula is C17H19F3N2O2. The van der Waals surface area contributed by atoms with E-state index in [2.05, 4.69) is 5.32 Å². The molecule has 1 aromatic heterocycles. The Bertz CT molecular complexity index is 693. The van der Waals surface area contributed by atoms with E-state index in [1.165, 1.54) is 12.1 Å². The fourth-order valence-corrected chi connectivity index (χ4v) is 2.14. The van der Waals surface area contributed by atoms with Gasteiger partial charge in [0.2, 0.25) is 5.91 Å². The molecule has 1 amide bonds. The summed E-state index contributed by atoms with van der Waals surface area (Å²) < 4.78 is 43.0. The summed E-state index contributed by atoms with van der Waals surface area (Å²) in [5.74, 6) is 1.23. The number of carbonyl (C=O) groups excluding carboxylic acids is 1. The third-order valence-electron chi connectivity index (χ3n) is 3.72. The third-order valence-corrected chi connectivity index (χ3v) is 3.72. The van der Waals surface area contributed by atoms with Crippen molar-refractivity contribution in [1.29, 1.82) is 0 Å². The maximum absolute atomic E-state index is 12.5. The van der Waals surface area contributed by atoms with Gasteiger partial charge in [-0.3, -0.25) is 9.69 Å². The highest BCUT2D eigenvalue weighted by Gasteiger charge is 2.30. The van der Waals surface area contributed by atoms with Gasteiger partial charge in [-0.05, 0) is 57.3 Å². The molecule has 24 heavy (non-hydrogen) atoms. The zero-order valence-electron chi connectivity index (χ0n) is 13.6. The van der Waals surface area contributed by atoms with Crippen LogP contribution >= 0.6 is 0 Å². The second kappa shape index (κ2) is 7.09. The van der Waals surface area contributed by atoms with Gasteiger partial charge in [0.25, 0.3) is 0 Å². The van der Waals surface area contributed by atoms with E-state index in [0.717, 1.165) is 23.7 Å². The molecule has 1 N–H and O–H groups in total. The molecule has 0 spiro atoms. The van der Waals surface area contributed by atoms with Gasteiger partial charge in [0.15, 0.2) is 0 Å². The monoisotopic (exact) mass is 340 g/mol. The normalized spacial score (nSPS) is 13.1. The zero-order valence-corrected chi connectivity index (χ0v) is 13.6. The van der Waals surface area contributed by atoms with Crippen LogP contribution in [0, 0.1) is 6.92 Å². The number of hydrogen-bond donors (Lipinski definition) is 1. The first-order valence-corrected chi connectivity index (χ1v) is 7.40. The maximum Gasteiger partial charge on any atom is 0.416 e. The molecular weight excluding hydrogens is 321 g/mol. The van der Waals surface area contributed by atoms with Gasteiger partial charge in [-0.25, -0.2) is 0 Å². The molecule has 4 nitrogen and oxygen atoms in total. The number of nitrogens with zero attached hydrogens (tertiary/aromatic N) is 1. The van der Waals surface area contributed by atoms with Gasteiger partial charge in [0.1, 0.15) is 11.5 Å². The second-order valence-electron chi connectivity index (χ2n) is 5.67. The Labute approximate surface area is 138 Å². The molecule has 0 aliphatic heterocycles. The van der Waals surface area contributed by atoms with Gasteiger partial charge in [-0.2, -0.15) is 13.2 Å². The van der Waals surface area contributed by atoms with Crippen molar-refractivity contribution in [1.82, 2.24) is 4.90 Å². The van der Waals surface area contributed by atoms with Gasteiger partial charge in [0, 0.05) is 5.69 Å². The first-order valence-electron chi connectivity index (χ1n) is 7.40. The quantitative estimate of drug-likeness (QED) is 0.892. The van der Waals surface area contributed by atoms with Crippen molar-refractivity contribution < 1.29 is 22.4 Å². The Morgan fingerprint density at radius 1 is 1.21 bits per heavy atom. The molecule has 7 heteroatoms. The average Bonchev–Trinajstić information content (AvgIpc) is 2.91. The minimum atomic E-state index is -4.39. The minimum Gasteiger partial charge on any atom is -0.465 e. The van der Waals surface area contributed by atoms with E-state index in [1.807, 2.05) is 19.1 Å². The van der Waals surface area contributed by atoms with Crippen molar-refractivity contribution in [3.05, 3.63) is 53.5 Å². The fraction of sp³-hybridized carbons (Fsp3) is 0.353. The van der Waals surface area contributed by atoms with Gasteiger partial charge in [0.05, 0.1) is 18.2 Å². The number of anilines is 1. The van der Waals surface area contributed by atoms with Crippen molar-refractivity contribution >= 4 is 11.6 Å². The first kappa shape index (κ1) is 18.1. The Hall–Kier alpha value is -2.28. The van der Waals surface area contributed by atoms with Gasteiger partial charge in [-0.1, -0.05) is 0 Å². The number of hydrogen-bond acceptors (Lipinski definition) is 3. The lowest BCUT2D eigenvalue weighted by Crippen LogP contribution is -2.39. The van der Waals surface area contributed by atoms with E-state index >= 15 is 0 Å². The van der Waals surface area contributed by atoms with E-state index in [0.29, 0.717) is 12.2 Å². The summed E-state index contributed by atoms with van der Waals surface area (Å²) in [7, 11) is 1.77. The SMILES string of the molecule is Cc1ccc(CN(C)[C@@H](C)C(=O)Nc2ccc(C(F)(F)F)cc2)o1. The number of nitrogens with one attached hydrogen (secondary N) is 1. The van der Waals surface area contributed by atoms with E-state index in [-0.39, 0.29) is 5.91 Å². The third kappa shape index (κ3) is 4.61. The van der Waals surface area contributed by atoms with Crippen molar-refractivity contribution in [2.75, 3.05) is 12.4 Å². The lowest BCUT2D eigenvalue weighted by atomic mass is 10.2. The topological polar surface area (TPSA) is 45.5 Å². The van der Waals surface area contributed by atoms with E-state index < -0.39 is 17.8 Å². The first-order chi connectivity index (χ1) is 11.2. The number of benzene rings is 1. The Morgan fingerprint density at radius 3 is 2.33 bits per heavy atom. The molecule has 0 saturated carbocycles. The van der Waals surface area contributed by atoms with E-state index in [1.54, 1.807) is 18.9 Å². The molecule has 2 rings (SSSR count). The summed E-state index contributed by atoms with van der Waals surface area (Å²) in [6.07, 6.45) is -4.39. The number of halogens is 3. The lowest BCUT2D eigenvalue weighted by molar-refractivity contribution is -0.137. The van der Waals surface area contributed by atoms with Crippen LogP contribution in [0.3, 0.4) is 0 Å². The molecule has 1 heterocycles. The highest BCUT2D eigenvalue weighted by Crippen LogP contribution is 2.29. The Morgan fingerprint density at radius 2 is 1.83 bits per heavy atom. The number of alkyl halides is 3.